The summed E-state index contributed by atoms with van der Waals surface area (Å²) < 4.78 is 91.2. The third-order valence-electron chi connectivity index (χ3n) is 2.87. The molecule has 1 aromatic carbocycles. The van der Waals surface area contributed by atoms with Gasteiger partial charge in [0.15, 0.2) is 29.0 Å². The van der Waals surface area contributed by atoms with Gasteiger partial charge in [-0.15, -0.1) is 5.10 Å². The lowest BCUT2D eigenvalue weighted by Gasteiger charge is -2.14. The van der Waals surface area contributed by atoms with Crippen molar-refractivity contribution in [1.82, 2.24) is 10.2 Å². The van der Waals surface area contributed by atoms with Gasteiger partial charge >= 0.3 is 12.0 Å². The number of hydrogen-bond donors (Lipinski definition) is 2. The van der Waals surface area contributed by atoms with Gasteiger partial charge < -0.3 is 15.4 Å². The van der Waals surface area contributed by atoms with E-state index in [-0.39, 0.29) is 0 Å². The van der Waals surface area contributed by atoms with Crippen molar-refractivity contribution >= 4 is 33.3 Å². The number of carbonyl (C=O) groups is 1. The molecule has 140 valence electrons. The molecule has 0 atom stereocenters. The van der Waals surface area contributed by atoms with Crippen LogP contribution in [0, 0.1) is 33.4 Å². The highest BCUT2D eigenvalue weighted by Gasteiger charge is 2.42. The monoisotopic (exact) mass is 450 g/mol. The van der Waals surface area contributed by atoms with Crippen LogP contribution in [0.15, 0.2) is 4.47 Å². The zero-order valence-electron chi connectivity index (χ0n) is 11.6. The summed E-state index contributed by atoms with van der Waals surface area (Å²) in [5.74, 6) is -13.0. The number of alkyl halides is 3. The number of aromatic nitrogens is 2. The van der Waals surface area contributed by atoms with E-state index in [1.165, 1.54) is 5.32 Å². The number of hydrogen-bond acceptors (Lipinski definition) is 4. The van der Waals surface area contributed by atoms with Gasteiger partial charge in [-0.1, -0.05) is 5.10 Å². The average Bonchev–Trinajstić information content (AvgIpc) is 2.90. The first-order valence-electron chi connectivity index (χ1n) is 6.00. The van der Waals surface area contributed by atoms with Crippen LogP contribution < -0.4 is 5.32 Å². The second-order valence-electron chi connectivity index (χ2n) is 4.45. The van der Waals surface area contributed by atoms with Crippen molar-refractivity contribution in [2.75, 3.05) is 5.32 Å². The van der Waals surface area contributed by atoms with E-state index < -0.39 is 67.5 Å². The van der Waals surface area contributed by atoms with Gasteiger partial charge in [0.2, 0.25) is 0 Å². The first-order valence-corrected chi connectivity index (χ1v) is 6.79. The molecule has 15 heteroatoms. The molecule has 0 spiro atoms. The standard InChI is InChI=1S/C11H2BrF7N4O3/c12-2-7(21-22-9(2)23(25)26)10(24)20-8-5(15)3(13)1(11(17,18)19)4(14)6(8)16/h(H,20,24)(H,21,22). The normalized spacial score (nSPS) is 11.5. The molecule has 26 heavy (non-hydrogen) atoms. The first kappa shape index (κ1) is 19.6. The van der Waals surface area contributed by atoms with Crippen molar-refractivity contribution < 1.29 is 40.5 Å². The second-order valence-corrected chi connectivity index (χ2v) is 5.24. The molecule has 2 N–H and O–H groups in total. The van der Waals surface area contributed by atoms with Gasteiger partial charge in [-0.05, 0) is 20.9 Å². The SMILES string of the molecule is O=C(Nc1c(F)c(F)c(C(F)(F)F)c(F)c1F)c1n[nH]c([N+](=O)[O-])c1Br. The number of benzene rings is 1. The number of carbonyl (C=O) groups excluding carboxylic acids is 1. The summed E-state index contributed by atoms with van der Waals surface area (Å²) in [4.78, 5) is 21.4. The summed E-state index contributed by atoms with van der Waals surface area (Å²) in [6.07, 6.45) is -5.75. The van der Waals surface area contributed by atoms with Crippen molar-refractivity contribution in [3.63, 3.8) is 0 Å². The predicted octanol–water partition coefficient (Wildman–Crippen LogP) is 3.91. The third kappa shape index (κ3) is 3.21. The van der Waals surface area contributed by atoms with E-state index in [1.807, 2.05) is 0 Å². The van der Waals surface area contributed by atoms with Crippen molar-refractivity contribution in [2.24, 2.45) is 0 Å². The topological polar surface area (TPSA) is 101 Å². The first-order chi connectivity index (χ1) is 11.9. The maximum atomic E-state index is 13.7. The minimum Gasteiger partial charge on any atom is -0.358 e. The Morgan fingerprint density at radius 1 is 1.12 bits per heavy atom. The highest BCUT2D eigenvalue weighted by atomic mass is 79.9. The van der Waals surface area contributed by atoms with E-state index in [0.717, 1.165) is 0 Å². The summed E-state index contributed by atoms with van der Waals surface area (Å²) in [7, 11) is 0. The van der Waals surface area contributed by atoms with Crippen LogP contribution in [0.2, 0.25) is 0 Å². The second kappa shape index (κ2) is 6.54. The van der Waals surface area contributed by atoms with E-state index in [4.69, 9.17) is 0 Å². The molecule has 0 bridgehead atoms. The number of amides is 1. The fourth-order valence-electron chi connectivity index (χ4n) is 1.75. The Hall–Kier alpha value is -2.71. The Morgan fingerprint density at radius 2 is 1.62 bits per heavy atom. The maximum Gasteiger partial charge on any atom is 0.422 e. The van der Waals surface area contributed by atoms with Crippen molar-refractivity contribution in [2.45, 2.75) is 6.18 Å². The molecule has 0 radical (unpaired) electrons. The van der Waals surface area contributed by atoms with Crippen molar-refractivity contribution in [3.8, 4) is 0 Å². The molecule has 0 fully saturated rings. The highest BCUT2D eigenvalue weighted by molar-refractivity contribution is 9.10. The number of nitrogens with one attached hydrogen (secondary N) is 2. The van der Waals surface area contributed by atoms with Crippen LogP contribution in [0.1, 0.15) is 16.1 Å². The van der Waals surface area contributed by atoms with E-state index in [0.29, 0.717) is 0 Å². The Morgan fingerprint density at radius 3 is 2.00 bits per heavy atom. The number of H-pyrrole nitrogens is 1. The molecule has 0 unspecified atom stereocenters. The molecular formula is C11H2BrF7N4O3. The summed E-state index contributed by atoms with van der Waals surface area (Å²) >= 11 is 2.59. The molecule has 1 heterocycles. The Balaban J connectivity index is 2.51. The molecule has 0 aliphatic heterocycles. The van der Waals surface area contributed by atoms with E-state index in [1.54, 1.807) is 5.10 Å². The van der Waals surface area contributed by atoms with Gasteiger partial charge in [0.25, 0.3) is 5.91 Å². The van der Waals surface area contributed by atoms with Gasteiger partial charge in [0.05, 0.1) is 0 Å². The number of nitrogens with zero attached hydrogens (tertiary/aromatic N) is 2. The number of rotatable bonds is 3. The van der Waals surface area contributed by atoms with Crippen molar-refractivity contribution in [3.05, 3.63) is 49.1 Å². The lowest BCUT2D eigenvalue weighted by molar-refractivity contribution is -0.390. The van der Waals surface area contributed by atoms with Gasteiger partial charge in [-0.25, -0.2) is 17.6 Å². The molecule has 2 rings (SSSR count). The lowest BCUT2D eigenvalue weighted by atomic mass is 10.1. The molecule has 1 amide bonds. The molecule has 0 aliphatic rings. The summed E-state index contributed by atoms with van der Waals surface area (Å²) in [6.45, 7) is 0. The molecule has 7 nitrogen and oxygen atoms in total. The Bertz CT molecular complexity index is 898. The van der Waals surface area contributed by atoms with Gasteiger partial charge in [-0.3, -0.25) is 4.79 Å². The van der Waals surface area contributed by atoms with Crippen LogP contribution in [-0.4, -0.2) is 21.0 Å². The third-order valence-corrected chi connectivity index (χ3v) is 3.62. The molecule has 0 saturated heterocycles. The van der Waals surface area contributed by atoms with Gasteiger partial charge in [-0.2, -0.15) is 13.2 Å². The number of anilines is 1. The van der Waals surface area contributed by atoms with E-state index in [9.17, 15) is 45.6 Å². The van der Waals surface area contributed by atoms with Gasteiger partial charge in [0.1, 0.15) is 15.7 Å². The lowest BCUT2D eigenvalue weighted by Crippen LogP contribution is -2.20. The zero-order chi connectivity index (χ0) is 20.0. The molecular weight excluding hydrogens is 449 g/mol. The minimum atomic E-state index is -5.75. The Kier molecular flexibility index (Phi) is 4.94. The summed E-state index contributed by atoms with van der Waals surface area (Å²) in [6, 6.07) is 0. The molecule has 2 aromatic rings. The fourth-order valence-corrected chi connectivity index (χ4v) is 2.26. The van der Waals surface area contributed by atoms with Crippen LogP contribution >= 0.6 is 15.9 Å². The smallest absolute Gasteiger partial charge is 0.358 e. The summed E-state index contributed by atoms with van der Waals surface area (Å²) in [5.41, 5.74) is -5.53. The van der Waals surface area contributed by atoms with Crippen LogP contribution in [0.25, 0.3) is 0 Å². The minimum absolute atomic E-state index is 0.575. The zero-order valence-corrected chi connectivity index (χ0v) is 13.2. The fraction of sp³-hybridized carbons (Fsp3) is 0.0909. The number of aromatic amines is 1. The van der Waals surface area contributed by atoms with Gasteiger partial charge in [0, 0.05) is 0 Å². The maximum absolute atomic E-state index is 13.7. The van der Waals surface area contributed by atoms with Crippen LogP contribution in [0.4, 0.5) is 42.2 Å². The van der Waals surface area contributed by atoms with Crippen LogP contribution in [0.5, 0.6) is 0 Å². The van der Waals surface area contributed by atoms with Crippen molar-refractivity contribution in [1.29, 1.82) is 0 Å². The van der Waals surface area contributed by atoms with Crippen LogP contribution in [-0.2, 0) is 6.18 Å². The highest BCUT2D eigenvalue weighted by Crippen LogP contribution is 2.38. The predicted molar refractivity (Wildman–Crippen MR) is 72.2 cm³/mol. The number of halogens is 8. The molecule has 1 aromatic heterocycles. The Labute approximate surface area is 145 Å². The molecule has 0 saturated carbocycles. The average molecular weight is 451 g/mol. The van der Waals surface area contributed by atoms with E-state index in [2.05, 4.69) is 21.0 Å². The molecule has 0 aliphatic carbocycles. The number of nitro groups is 1. The largest absolute Gasteiger partial charge is 0.422 e. The summed E-state index contributed by atoms with van der Waals surface area (Å²) in [5, 5.41) is 16.8. The van der Waals surface area contributed by atoms with E-state index >= 15 is 0 Å². The quantitative estimate of drug-likeness (QED) is 0.320. The van der Waals surface area contributed by atoms with Crippen LogP contribution in [0.3, 0.4) is 0 Å².